The number of aromatic nitrogens is 4. The molecule has 0 unspecified atom stereocenters. The fourth-order valence-corrected chi connectivity index (χ4v) is 4.35. The highest BCUT2D eigenvalue weighted by molar-refractivity contribution is 6.10. The molecule has 0 bridgehead atoms. The van der Waals surface area contributed by atoms with Crippen molar-refractivity contribution in [1.29, 1.82) is 0 Å². The van der Waals surface area contributed by atoms with Gasteiger partial charge in [0, 0.05) is 25.5 Å². The summed E-state index contributed by atoms with van der Waals surface area (Å²) in [7, 11) is 2.12. The Hall–Kier alpha value is -5.49. The fourth-order valence-electron chi connectivity index (χ4n) is 4.35. The quantitative estimate of drug-likeness (QED) is 0.0892. The van der Waals surface area contributed by atoms with E-state index >= 15 is 8.78 Å². The van der Waals surface area contributed by atoms with Gasteiger partial charge >= 0.3 is 12.4 Å². The Morgan fingerprint density at radius 3 is 1.38 bits per heavy atom. The second-order valence-electron chi connectivity index (χ2n) is 9.56. The number of alkyl halides is 6. The molecule has 256 valence electrons. The molecule has 0 aliphatic rings. The van der Waals surface area contributed by atoms with Gasteiger partial charge in [0.05, 0.1) is 36.7 Å². The number of hydrogen-bond acceptors (Lipinski definition) is 11. The zero-order chi connectivity index (χ0) is 35.4. The van der Waals surface area contributed by atoms with E-state index in [2.05, 4.69) is 41.2 Å². The molecule has 0 saturated carbocycles. The molecule has 4 aromatic rings. The summed E-state index contributed by atoms with van der Waals surface area (Å²) in [5.41, 5.74) is -3.89. The maximum Gasteiger partial charge on any atom is 0.421 e. The molecular weight excluding hydrogens is 660 g/mol. The number of ether oxygens (including phenoxy) is 2. The molecule has 2 heterocycles. The maximum atomic E-state index is 15.6. The number of halogens is 8. The largest absolute Gasteiger partial charge is 0.492 e. The van der Waals surface area contributed by atoms with Gasteiger partial charge < -0.3 is 30.7 Å². The van der Waals surface area contributed by atoms with Crippen molar-refractivity contribution < 1.29 is 49.4 Å². The summed E-state index contributed by atoms with van der Waals surface area (Å²) in [5, 5.41) is 10.0. The third-order valence-electron chi connectivity index (χ3n) is 6.46. The average Bonchev–Trinajstić information content (AvgIpc) is 3.01. The Morgan fingerprint density at radius 1 is 0.688 bits per heavy atom. The van der Waals surface area contributed by atoms with Crippen molar-refractivity contribution in [3.8, 4) is 11.5 Å². The average molecular weight is 687 g/mol. The molecule has 2 aromatic carbocycles. The van der Waals surface area contributed by atoms with Crippen LogP contribution in [0, 0.1) is 11.6 Å². The fraction of sp³-hybridized carbons (Fsp3) is 0.276. The molecular formula is C29H26F8N8O3. The normalized spacial score (nSPS) is 11.6. The molecule has 0 amide bonds. The molecule has 0 spiro atoms. The highest BCUT2D eigenvalue weighted by Gasteiger charge is 2.36. The number of nitrogens with zero attached hydrogens (tertiary/aromatic N) is 4. The molecule has 0 aliphatic carbocycles. The molecule has 4 N–H and O–H groups in total. The summed E-state index contributed by atoms with van der Waals surface area (Å²) >= 11 is 0. The van der Waals surface area contributed by atoms with Gasteiger partial charge in [0.15, 0.2) is 28.9 Å². The lowest BCUT2D eigenvalue weighted by Crippen LogP contribution is -2.15. The highest BCUT2D eigenvalue weighted by Crippen LogP contribution is 2.39. The number of carbonyl (C=O) groups is 1. The van der Waals surface area contributed by atoms with Crippen LogP contribution in [0.15, 0.2) is 36.7 Å². The first-order chi connectivity index (χ1) is 22.6. The zero-order valence-corrected chi connectivity index (χ0v) is 25.4. The van der Waals surface area contributed by atoms with Gasteiger partial charge in [0.2, 0.25) is 11.9 Å². The van der Waals surface area contributed by atoms with Crippen LogP contribution in [0.4, 0.5) is 70.0 Å². The number of ketones is 1. The molecule has 0 saturated heterocycles. The van der Waals surface area contributed by atoms with E-state index < -0.39 is 75.2 Å². The predicted octanol–water partition coefficient (Wildman–Crippen LogP) is 7.18. The zero-order valence-electron chi connectivity index (χ0n) is 25.4. The van der Waals surface area contributed by atoms with Crippen molar-refractivity contribution in [3.05, 3.63) is 70.5 Å². The lowest BCUT2D eigenvalue weighted by atomic mass is 10.0. The SMILES string of the molecule is CCNc1nc(Nc2ccc(C(=O)c3ccc(Nc4ncc(C(F)(F)F)c(NCC)n4)c(OC)c3F)c(F)c2OC)ncc1C(F)(F)F. The molecule has 11 nitrogen and oxygen atoms in total. The van der Waals surface area contributed by atoms with Gasteiger partial charge in [-0.15, -0.1) is 0 Å². The van der Waals surface area contributed by atoms with Crippen molar-refractivity contribution in [2.24, 2.45) is 0 Å². The minimum absolute atomic E-state index is 0.104. The van der Waals surface area contributed by atoms with Crippen LogP contribution in [0.25, 0.3) is 0 Å². The minimum atomic E-state index is -4.75. The summed E-state index contributed by atoms with van der Waals surface area (Å²) in [6.07, 6.45) is -8.43. The van der Waals surface area contributed by atoms with E-state index in [1.54, 1.807) is 13.8 Å². The summed E-state index contributed by atoms with van der Waals surface area (Å²) < 4.78 is 121. The van der Waals surface area contributed by atoms with Crippen molar-refractivity contribution in [1.82, 2.24) is 19.9 Å². The van der Waals surface area contributed by atoms with Crippen LogP contribution < -0.4 is 30.7 Å². The molecule has 0 aliphatic heterocycles. The Balaban J connectivity index is 1.65. The number of carbonyl (C=O) groups excluding carboxylic acids is 1. The van der Waals surface area contributed by atoms with E-state index in [-0.39, 0.29) is 36.4 Å². The van der Waals surface area contributed by atoms with Crippen molar-refractivity contribution in [2.75, 3.05) is 48.6 Å². The summed E-state index contributed by atoms with van der Waals surface area (Å²) in [6, 6.07) is 4.26. The molecule has 0 radical (unpaired) electrons. The van der Waals surface area contributed by atoms with Crippen molar-refractivity contribution in [2.45, 2.75) is 26.2 Å². The summed E-state index contributed by atoms with van der Waals surface area (Å²) in [4.78, 5) is 28.2. The minimum Gasteiger partial charge on any atom is -0.492 e. The Kier molecular flexibility index (Phi) is 10.4. The van der Waals surface area contributed by atoms with E-state index in [1.165, 1.54) is 0 Å². The van der Waals surface area contributed by atoms with Crippen molar-refractivity contribution in [3.63, 3.8) is 0 Å². The van der Waals surface area contributed by atoms with Crippen LogP contribution in [-0.2, 0) is 12.4 Å². The third-order valence-corrected chi connectivity index (χ3v) is 6.46. The monoisotopic (exact) mass is 686 g/mol. The van der Waals surface area contributed by atoms with Crippen LogP contribution in [0.2, 0.25) is 0 Å². The Morgan fingerprint density at radius 2 is 1.06 bits per heavy atom. The molecule has 48 heavy (non-hydrogen) atoms. The molecule has 0 fully saturated rings. The van der Waals surface area contributed by atoms with Gasteiger partial charge in [-0.05, 0) is 38.1 Å². The molecule has 2 aromatic heterocycles. The van der Waals surface area contributed by atoms with Crippen LogP contribution in [-0.4, -0.2) is 53.0 Å². The van der Waals surface area contributed by atoms with Crippen LogP contribution in [0.1, 0.15) is 40.9 Å². The first-order valence-corrected chi connectivity index (χ1v) is 13.8. The molecule has 0 atom stereocenters. The molecule has 19 heteroatoms. The maximum absolute atomic E-state index is 15.6. The summed E-state index contributed by atoms with van der Waals surface area (Å²) in [5.74, 6) is -6.54. The topological polar surface area (TPSA) is 135 Å². The predicted molar refractivity (Wildman–Crippen MR) is 158 cm³/mol. The smallest absolute Gasteiger partial charge is 0.421 e. The second-order valence-corrected chi connectivity index (χ2v) is 9.56. The summed E-state index contributed by atoms with van der Waals surface area (Å²) in [6.45, 7) is 3.32. The first kappa shape index (κ1) is 35.4. The van der Waals surface area contributed by atoms with E-state index in [1.807, 2.05) is 0 Å². The lowest BCUT2D eigenvalue weighted by molar-refractivity contribution is -0.138. The number of methoxy groups -OCH3 is 2. The second kappa shape index (κ2) is 14.1. The van der Waals surface area contributed by atoms with Gasteiger partial charge in [-0.1, -0.05) is 0 Å². The lowest BCUT2D eigenvalue weighted by Gasteiger charge is -2.17. The number of anilines is 6. The van der Waals surface area contributed by atoms with E-state index in [4.69, 9.17) is 9.47 Å². The van der Waals surface area contributed by atoms with E-state index in [9.17, 15) is 31.1 Å². The highest BCUT2D eigenvalue weighted by atomic mass is 19.4. The van der Waals surface area contributed by atoms with Gasteiger partial charge in [-0.25, -0.2) is 18.7 Å². The third kappa shape index (κ3) is 7.39. The first-order valence-electron chi connectivity index (χ1n) is 13.8. The number of rotatable bonds is 12. The Labute approximate surface area is 267 Å². The number of nitrogens with one attached hydrogen (secondary N) is 4. The number of benzene rings is 2. The van der Waals surface area contributed by atoms with E-state index in [0.29, 0.717) is 12.4 Å². The Bertz CT molecular complexity index is 1690. The standard InChI is InChI=1S/C29H26F8N8O3/c1-5-38-24-15(28(32,33)34)11-40-26(44-24)42-17-9-7-13(19(30)22(17)47-3)21(46)14-8-10-18(23(48-4)20(14)31)43-27-41-12-16(29(35,36)37)25(45-27)39-6-2/h7-12H,5-6H2,1-4H3,(H2,38,40,42,44)(H2,39,41,43,45). The van der Waals surface area contributed by atoms with E-state index in [0.717, 1.165) is 38.5 Å². The van der Waals surface area contributed by atoms with Crippen LogP contribution >= 0.6 is 0 Å². The van der Waals surface area contributed by atoms with Crippen LogP contribution in [0.5, 0.6) is 11.5 Å². The van der Waals surface area contributed by atoms with Gasteiger partial charge in [-0.3, -0.25) is 4.79 Å². The van der Waals surface area contributed by atoms with Crippen molar-refractivity contribution >= 4 is 40.7 Å². The van der Waals surface area contributed by atoms with Crippen LogP contribution in [0.3, 0.4) is 0 Å². The van der Waals surface area contributed by atoms with Gasteiger partial charge in [0.1, 0.15) is 22.8 Å². The van der Waals surface area contributed by atoms with Gasteiger partial charge in [-0.2, -0.15) is 36.3 Å². The van der Waals surface area contributed by atoms with Gasteiger partial charge in [0.25, 0.3) is 0 Å². The number of hydrogen-bond donors (Lipinski definition) is 4. The molecule has 4 rings (SSSR count).